The van der Waals surface area contributed by atoms with Gasteiger partial charge in [-0.3, -0.25) is 9.69 Å². The zero-order valence-electron chi connectivity index (χ0n) is 22.9. The first-order chi connectivity index (χ1) is 19.4. The van der Waals surface area contributed by atoms with E-state index in [0.717, 1.165) is 48.8 Å². The van der Waals surface area contributed by atoms with Crippen LogP contribution in [0.2, 0.25) is 0 Å². The smallest absolute Gasteiger partial charge is 0.247 e. The average molecular weight is 538 g/mol. The Hall–Kier alpha value is -4.59. The number of nitrogens with zero attached hydrogens (tertiary/aromatic N) is 4. The lowest BCUT2D eigenvalue weighted by Crippen LogP contribution is -2.53. The fourth-order valence-electron chi connectivity index (χ4n) is 4.69. The summed E-state index contributed by atoms with van der Waals surface area (Å²) in [5.74, 6) is 3.69. The van der Waals surface area contributed by atoms with Crippen LogP contribution in [0, 0.1) is 5.92 Å². The normalized spacial score (nSPS) is 18.0. The molecule has 2 aromatic carbocycles. The molecule has 3 aliphatic heterocycles. The summed E-state index contributed by atoms with van der Waals surface area (Å²) in [4.78, 5) is 25.7. The number of nitrogens with one attached hydrogen (secondary N) is 2. The van der Waals surface area contributed by atoms with Gasteiger partial charge in [-0.15, -0.1) is 5.73 Å². The Bertz CT molecular complexity index is 1440. The number of likely N-dealkylation sites (tertiary alicyclic amines) is 1. The molecule has 5 rings (SSSR count). The second-order valence-corrected chi connectivity index (χ2v) is 10.2. The first kappa shape index (κ1) is 27.0. The predicted octanol–water partition coefficient (Wildman–Crippen LogP) is 4.69. The van der Waals surface area contributed by atoms with E-state index in [9.17, 15) is 4.79 Å². The van der Waals surface area contributed by atoms with Crippen molar-refractivity contribution in [2.45, 2.75) is 39.3 Å². The summed E-state index contributed by atoms with van der Waals surface area (Å²) in [6.45, 7) is 9.95. The predicted molar refractivity (Wildman–Crippen MR) is 159 cm³/mol. The Balaban J connectivity index is 1.38. The van der Waals surface area contributed by atoms with E-state index >= 15 is 0 Å². The van der Waals surface area contributed by atoms with Gasteiger partial charge in [-0.05, 0) is 60.7 Å². The molecule has 9 nitrogen and oxygen atoms in total. The lowest BCUT2D eigenvalue weighted by molar-refractivity contribution is -0.111. The highest BCUT2D eigenvalue weighted by molar-refractivity contribution is 6.00. The lowest BCUT2D eigenvalue weighted by Gasteiger charge is -2.38. The van der Waals surface area contributed by atoms with Crippen molar-refractivity contribution in [3.05, 3.63) is 96.2 Å². The van der Waals surface area contributed by atoms with Crippen molar-refractivity contribution >= 4 is 23.5 Å². The molecular formula is C31H35N7O2. The van der Waals surface area contributed by atoms with Gasteiger partial charge in [-0.2, -0.15) is 4.99 Å². The number of nitrogens with two attached hydrogens (primary N) is 1. The number of fused-ring (bicyclic) bond motifs is 1. The van der Waals surface area contributed by atoms with Gasteiger partial charge in [0.15, 0.2) is 0 Å². The average Bonchev–Trinajstić information content (AvgIpc) is 2.96. The van der Waals surface area contributed by atoms with Crippen LogP contribution in [-0.2, 0) is 11.3 Å². The Morgan fingerprint density at radius 2 is 2.00 bits per heavy atom. The summed E-state index contributed by atoms with van der Waals surface area (Å²) in [7, 11) is 0. The maximum atomic E-state index is 11.6. The SMILES string of the molecule is C=CC(=O)Nc1cccc(Oc2cccc(CN=C3N=C(N4CCC(N)CC4)NC4=C(C(C)C)C=C=CN34)c2)c1. The van der Waals surface area contributed by atoms with Crippen LogP contribution in [0.15, 0.2) is 101 Å². The molecule has 9 heteroatoms. The number of amides is 1. The minimum absolute atomic E-state index is 0.235. The quantitative estimate of drug-likeness (QED) is 0.349. The molecule has 40 heavy (non-hydrogen) atoms. The van der Waals surface area contributed by atoms with Crippen molar-refractivity contribution in [3.63, 3.8) is 0 Å². The lowest BCUT2D eigenvalue weighted by atomic mass is 10.0. The van der Waals surface area contributed by atoms with Gasteiger partial charge in [-0.25, -0.2) is 4.99 Å². The van der Waals surface area contributed by atoms with Crippen molar-refractivity contribution in [2.75, 3.05) is 18.4 Å². The third-order valence-electron chi connectivity index (χ3n) is 6.89. The number of rotatable bonds is 7. The number of carbonyl (C=O) groups is 1. The molecule has 1 fully saturated rings. The summed E-state index contributed by atoms with van der Waals surface area (Å²) in [6.07, 6.45) is 6.99. The van der Waals surface area contributed by atoms with Crippen LogP contribution in [0.3, 0.4) is 0 Å². The number of anilines is 1. The summed E-state index contributed by atoms with van der Waals surface area (Å²) in [6, 6.07) is 15.3. The van der Waals surface area contributed by atoms with Gasteiger partial charge >= 0.3 is 0 Å². The van der Waals surface area contributed by atoms with Gasteiger partial charge in [0.2, 0.25) is 17.8 Å². The third-order valence-corrected chi connectivity index (χ3v) is 6.89. The van der Waals surface area contributed by atoms with Crippen LogP contribution in [-0.4, -0.2) is 46.8 Å². The van der Waals surface area contributed by atoms with E-state index in [1.165, 1.54) is 6.08 Å². The number of hydrogen-bond acceptors (Lipinski definition) is 6. The highest BCUT2D eigenvalue weighted by atomic mass is 16.5. The summed E-state index contributed by atoms with van der Waals surface area (Å²) >= 11 is 0. The van der Waals surface area contributed by atoms with Gasteiger partial charge in [0.05, 0.1) is 12.7 Å². The molecular weight excluding hydrogens is 502 g/mol. The van der Waals surface area contributed by atoms with E-state index in [4.69, 9.17) is 20.5 Å². The van der Waals surface area contributed by atoms with Gasteiger partial charge < -0.3 is 26.0 Å². The zero-order valence-corrected chi connectivity index (χ0v) is 22.9. The Kier molecular flexibility index (Phi) is 8.15. The van der Waals surface area contributed by atoms with Crippen LogP contribution < -0.4 is 21.1 Å². The number of benzene rings is 2. The number of allylic oxidation sites excluding steroid dienone is 2. The Morgan fingerprint density at radius 1 is 1.25 bits per heavy atom. The topological polar surface area (TPSA) is 108 Å². The molecule has 1 amide bonds. The molecule has 206 valence electrons. The molecule has 0 radical (unpaired) electrons. The van der Waals surface area contributed by atoms with Crippen molar-refractivity contribution in [1.82, 2.24) is 15.1 Å². The van der Waals surface area contributed by atoms with Crippen LogP contribution in [0.5, 0.6) is 11.5 Å². The molecule has 0 bridgehead atoms. The fraction of sp³-hybridized carbons (Fsp3) is 0.290. The van der Waals surface area contributed by atoms with E-state index < -0.39 is 0 Å². The van der Waals surface area contributed by atoms with Crippen LogP contribution in [0.4, 0.5) is 5.69 Å². The van der Waals surface area contributed by atoms with Crippen LogP contribution in [0.25, 0.3) is 0 Å². The zero-order chi connectivity index (χ0) is 28.1. The molecule has 0 unspecified atom stereocenters. The van der Waals surface area contributed by atoms with Gasteiger partial charge in [0, 0.05) is 36.5 Å². The molecule has 0 atom stereocenters. The maximum Gasteiger partial charge on any atom is 0.247 e. The van der Waals surface area contributed by atoms with Crippen molar-refractivity contribution in [2.24, 2.45) is 21.6 Å². The largest absolute Gasteiger partial charge is 0.457 e. The molecule has 2 aromatic rings. The summed E-state index contributed by atoms with van der Waals surface area (Å²) in [5.41, 5.74) is 12.2. The van der Waals surface area contributed by atoms with Crippen LogP contribution >= 0.6 is 0 Å². The monoisotopic (exact) mass is 537 g/mol. The standard InChI is InChI=1S/C31H35N7O2/c1-4-28(39)34-24-9-6-11-26(19-24)40-25-10-5-8-22(18-25)20-33-30-36-31(37-16-13-23(32)14-17-37)35-29-27(21(2)3)12-7-15-38(29)30/h4-6,8-12,15,18-19,21,23H,1,13-14,16-17,20,32H2,2-3H3,(H,34,39)(H,33,35,36). The Labute approximate surface area is 235 Å². The first-order valence-electron chi connectivity index (χ1n) is 13.6. The molecule has 0 aliphatic carbocycles. The van der Waals surface area contributed by atoms with Gasteiger partial charge in [0.25, 0.3) is 0 Å². The maximum absolute atomic E-state index is 11.6. The molecule has 0 aromatic heterocycles. The van der Waals surface area contributed by atoms with Crippen molar-refractivity contribution < 1.29 is 9.53 Å². The van der Waals surface area contributed by atoms with Crippen molar-refractivity contribution in [1.29, 1.82) is 0 Å². The molecule has 4 N–H and O–H groups in total. The van der Waals surface area contributed by atoms with Gasteiger partial charge in [0.1, 0.15) is 17.3 Å². The number of aliphatic imine (C=N–C) groups is 2. The van der Waals surface area contributed by atoms with E-state index in [1.54, 1.807) is 12.1 Å². The van der Waals surface area contributed by atoms with E-state index in [-0.39, 0.29) is 11.9 Å². The summed E-state index contributed by atoms with van der Waals surface area (Å²) in [5, 5.41) is 6.31. The molecule has 0 saturated carbocycles. The number of piperidine rings is 1. The van der Waals surface area contributed by atoms with Crippen molar-refractivity contribution in [3.8, 4) is 11.5 Å². The molecule has 3 heterocycles. The van der Waals surface area contributed by atoms with E-state index in [0.29, 0.717) is 35.6 Å². The third kappa shape index (κ3) is 6.34. The van der Waals surface area contributed by atoms with E-state index in [2.05, 4.69) is 41.7 Å². The first-order valence-corrected chi connectivity index (χ1v) is 13.6. The van der Waals surface area contributed by atoms with Gasteiger partial charge in [-0.1, -0.05) is 38.6 Å². The summed E-state index contributed by atoms with van der Waals surface area (Å²) < 4.78 is 6.08. The number of carbonyl (C=O) groups excluding carboxylic acids is 1. The Morgan fingerprint density at radius 3 is 2.75 bits per heavy atom. The number of guanidine groups is 2. The minimum atomic E-state index is -0.275. The minimum Gasteiger partial charge on any atom is -0.457 e. The van der Waals surface area contributed by atoms with Crippen LogP contribution in [0.1, 0.15) is 32.3 Å². The molecule has 0 spiro atoms. The number of hydrogen-bond donors (Lipinski definition) is 3. The van der Waals surface area contributed by atoms with E-state index in [1.807, 2.05) is 53.6 Å². The highest BCUT2D eigenvalue weighted by Crippen LogP contribution is 2.27. The second-order valence-electron chi connectivity index (χ2n) is 10.2. The fourth-order valence-corrected chi connectivity index (χ4v) is 4.69. The second kappa shape index (κ2) is 12.1. The molecule has 3 aliphatic rings. The molecule has 1 saturated heterocycles. The number of ether oxygens (including phenoxy) is 1. The highest BCUT2D eigenvalue weighted by Gasteiger charge is 2.30.